The Morgan fingerprint density at radius 3 is 2.25 bits per heavy atom. The van der Waals surface area contributed by atoms with E-state index in [9.17, 15) is 13.2 Å². The van der Waals surface area contributed by atoms with Crippen molar-refractivity contribution in [3.8, 4) is 0 Å². The normalized spacial score (nSPS) is 16.8. The van der Waals surface area contributed by atoms with E-state index in [2.05, 4.69) is 5.32 Å². The van der Waals surface area contributed by atoms with E-state index < -0.39 is 10.0 Å². The zero-order chi connectivity index (χ0) is 15.1. The number of anilines is 1. The van der Waals surface area contributed by atoms with Gasteiger partial charge in [-0.05, 0) is 30.9 Å². The summed E-state index contributed by atoms with van der Waals surface area (Å²) < 4.78 is 22.5. The minimum atomic E-state index is -3.89. The standard InChI is InChI=1S/C12H14Cl2N2O3S/c1-6(7-2-3-7)12(17)16-11-9(13)4-8(5-10(11)14)20(15,18)19/h4-7H,2-3H2,1H3,(H,16,17)(H2,15,18,19). The number of carbonyl (C=O) groups excluding carboxylic acids is 1. The van der Waals surface area contributed by atoms with Crippen LogP contribution in [0.25, 0.3) is 0 Å². The quantitative estimate of drug-likeness (QED) is 0.885. The predicted octanol–water partition coefficient (Wildman–Crippen LogP) is 2.63. The molecule has 5 nitrogen and oxygen atoms in total. The summed E-state index contributed by atoms with van der Waals surface area (Å²) in [6.45, 7) is 1.84. The molecule has 2 rings (SSSR count). The van der Waals surface area contributed by atoms with Crippen molar-refractivity contribution < 1.29 is 13.2 Å². The highest BCUT2D eigenvalue weighted by Crippen LogP contribution is 2.38. The van der Waals surface area contributed by atoms with Crippen molar-refractivity contribution in [1.82, 2.24) is 0 Å². The summed E-state index contributed by atoms with van der Waals surface area (Å²) in [5.74, 6) is 0.0935. The fraction of sp³-hybridized carbons (Fsp3) is 0.417. The molecular weight excluding hydrogens is 323 g/mol. The molecule has 0 spiro atoms. The first kappa shape index (κ1) is 15.6. The minimum absolute atomic E-state index is 0.0397. The van der Waals surface area contributed by atoms with Crippen molar-refractivity contribution in [3.63, 3.8) is 0 Å². The van der Waals surface area contributed by atoms with Crippen LogP contribution in [0.15, 0.2) is 17.0 Å². The largest absolute Gasteiger partial charge is 0.323 e. The summed E-state index contributed by atoms with van der Waals surface area (Å²) in [6.07, 6.45) is 2.08. The summed E-state index contributed by atoms with van der Waals surface area (Å²) in [6, 6.07) is 2.33. The average molecular weight is 337 g/mol. The Bertz CT molecular complexity index is 634. The maximum absolute atomic E-state index is 12.0. The van der Waals surface area contributed by atoms with Gasteiger partial charge in [-0.2, -0.15) is 0 Å². The number of benzene rings is 1. The van der Waals surface area contributed by atoms with E-state index in [1.165, 1.54) is 12.1 Å². The molecule has 0 heterocycles. The lowest BCUT2D eigenvalue weighted by Gasteiger charge is -2.14. The number of nitrogens with one attached hydrogen (secondary N) is 1. The van der Waals surface area contributed by atoms with E-state index >= 15 is 0 Å². The number of amides is 1. The van der Waals surface area contributed by atoms with Crippen molar-refractivity contribution in [2.45, 2.75) is 24.7 Å². The van der Waals surface area contributed by atoms with E-state index in [4.69, 9.17) is 28.3 Å². The maximum atomic E-state index is 12.0. The molecule has 8 heteroatoms. The molecule has 1 unspecified atom stereocenters. The van der Waals surface area contributed by atoms with Gasteiger partial charge in [0.05, 0.1) is 20.6 Å². The van der Waals surface area contributed by atoms with Crippen LogP contribution >= 0.6 is 23.2 Å². The highest BCUT2D eigenvalue weighted by molar-refractivity contribution is 7.89. The van der Waals surface area contributed by atoms with Crippen LogP contribution in [0.5, 0.6) is 0 Å². The van der Waals surface area contributed by atoms with Crippen LogP contribution in [0.1, 0.15) is 19.8 Å². The van der Waals surface area contributed by atoms with Gasteiger partial charge in [0.1, 0.15) is 0 Å². The van der Waals surface area contributed by atoms with Gasteiger partial charge in [0.25, 0.3) is 0 Å². The molecule has 1 aromatic carbocycles. The lowest BCUT2D eigenvalue weighted by atomic mass is 10.1. The molecule has 0 saturated heterocycles. The van der Waals surface area contributed by atoms with Crippen molar-refractivity contribution in [2.24, 2.45) is 17.0 Å². The molecule has 20 heavy (non-hydrogen) atoms. The molecule has 1 aromatic rings. The van der Waals surface area contributed by atoms with Crippen LogP contribution in [0, 0.1) is 11.8 Å². The molecule has 3 N–H and O–H groups in total. The van der Waals surface area contributed by atoms with Crippen LogP contribution in [0.3, 0.4) is 0 Å². The van der Waals surface area contributed by atoms with Crippen LogP contribution < -0.4 is 10.5 Å². The number of nitrogens with two attached hydrogens (primary N) is 1. The molecule has 1 atom stereocenters. The first-order valence-electron chi connectivity index (χ1n) is 6.03. The van der Waals surface area contributed by atoms with E-state index in [0.29, 0.717) is 5.92 Å². The van der Waals surface area contributed by atoms with Crippen molar-refractivity contribution in [3.05, 3.63) is 22.2 Å². The number of sulfonamides is 1. The third kappa shape index (κ3) is 3.44. The third-order valence-corrected chi connectivity index (χ3v) is 4.82. The molecule has 1 amide bonds. The van der Waals surface area contributed by atoms with E-state index in [0.717, 1.165) is 12.8 Å². The Morgan fingerprint density at radius 2 is 1.85 bits per heavy atom. The molecule has 1 saturated carbocycles. The van der Waals surface area contributed by atoms with E-state index in [1.54, 1.807) is 0 Å². The lowest BCUT2D eigenvalue weighted by Crippen LogP contribution is -2.22. The molecule has 110 valence electrons. The predicted molar refractivity (Wildman–Crippen MR) is 78.4 cm³/mol. The van der Waals surface area contributed by atoms with Crippen LogP contribution in [0.4, 0.5) is 5.69 Å². The van der Waals surface area contributed by atoms with Gasteiger partial charge >= 0.3 is 0 Å². The van der Waals surface area contributed by atoms with Gasteiger partial charge in [-0.25, -0.2) is 13.6 Å². The first-order valence-corrected chi connectivity index (χ1v) is 8.33. The van der Waals surface area contributed by atoms with Gasteiger partial charge in [-0.15, -0.1) is 0 Å². The number of carbonyl (C=O) groups is 1. The van der Waals surface area contributed by atoms with Gasteiger partial charge in [0.15, 0.2) is 0 Å². The third-order valence-electron chi connectivity index (χ3n) is 3.34. The number of halogens is 2. The van der Waals surface area contributed by atoms with Crippen molar-refractivity contribution >= 4 is 44.8 Å². The van der Waals surface area contributed by atoms with Gasteiger partial charge in [-0.3, -0.25) is 4.79 Å². The SMILES string of the molecule is CC(C(=O)Nc1c(Cl)cc(S(N)(=O)=O)cc1Cl)C1CC1. The van der Waals surface area contributed by atoms with Crippen molar-refractivity contribution in [2.75, 3.05) is 5.32 Å². The molecule has 1 fully saturated rings. The number of hydrogen-bond acceptors (Lipinski definition) is 3. The second-order valence-corrected chi connectivity index (χ2v) is 7.30. The second-order valence-electron chi connectivity index (χ2n) is 4.92. The summed E-state index contributed by atoms with van der Waals surface area (Å²) in [5.41, 5.74) is 0.207. The van der Waals surface area contributed by atoms with Gasteiger partial charge < -0.3 is 5.32 Å². The highest BCUT2D eigenvalue weighted by atomic mass is 35.5. The molecule has 0 bridgehead atoms. The molecular formula is C12H14Cl2N2O3S. The second kappa shape index (κ2) is 5.52. The van der Waals surface area contributed by atoms with E-state index in [1.807, 2.05) is 6.92 Å². The summed E-state index contributed by atoms with van der Waals surface area (Å²) in [7, 11) is -3.89. The minimum Gasteiger partial charge on any atom is -0.323 e. The average Bonchev–Trinajstić information content (AvgIpc) is 3.15. The number of primary sulfonamides is 1. The monoisotopic (exact) mass is 336 g/mol. The molecule has 0 aromatic heterocycles. The lowest BCUT2D eigenvalue weighted by molar-refractivity contribution is -0.119. The zero-order valence-electron chi connectivity index (χ0n) is 10.7. The Labute approximate surface area is 127 Å². The Kier molecular flexibility index (Phi) is 4.30. The van der Waals surface area contributed by atoms with Crippen LogP contribution in [0.2, 0.25) is 10.0 Å². The Balaban J connectivity index is 2.26. The fourth-order valence-electron chi connectivity index (χ4n) is 1.88. The molecule has 1 aliphatic rings. The van der Waals surface area contributed by atoms with Crippen molar-refractivity contribution in [1.29, 1.82) is 0 Å². The molecule has 1 aliphatic carbocycles. The van der Waals surface area contributed by atoms with Gasteiger partial charge in [0, 0.05) is 5.92 Å². The molecule has 0 radical (unpaired) electrons. The van der Waals surface area contributed by atoms with Gasteiger partial charge in [-0.1, -0.05) is 30.1 Å². The Morgan fingerprint density at radius 1 is 1.35 bits per heavy atom. The first-order chi connectivity index (χ1) is 9.20. The highest BCUT2D eigenvalue weighted by Gasteiger charge is 2.33. The summed E-state index contributed by atoms with van der Waals surface area (Å²) >= 11 is 11.9. The summed E-state index contributed by atoms with van der Waals surface area (Å²) in [4.78, 5) is 11.8. The summed E-state index contributed by atoms with van der Waals surface area (Å²) in [5, 5.41) is 7.73. The number of rotatable bonds is 4. The topological polar surface area (TPSA) is 89.3 Å². The van der Waals surface area contributed by atoms with Crippen LogP contribution in [-0.4, -0.2) is 14.3 Å². The zero-order valence-corrected chi connectivity index (χ0v) is 13.0. The van der Waals surface area contributed by atoms with Gasteiger partial charge in [0.2, 0.25) is 15.9 Å². The van der Waals surface area contributed by atoms with E-state index in [-0.39, 0.29) is 32.5 Å². The maximum Gasteiger partial charge on any atom is 0.238 e. The smallest absolute Gasteiger partial charge is 0.238 e. The van der Waals surface area contributed by atoms with Crippen LogP contribution in [-0.2, 0) is 14.8 Å². The number of hydrogen-bond donors (Lipinski definition) is 2. The Hall–Kier alpha value is -0.820. The fourth-order valence-corrected chi connectivity index (χ4v) is 3.16. The molecule has 0 aliphatic heterocycles.